The lowest BCUT2D eigenvalue weighted by molar-refractivity contribution is 0.0701. The van der Waals surface area contributed by atoms with Crippen LogP contribution in [0.4, 0.5) is 0 Å². The molecule has 19 heavy (non-hydrogen) atoms. The number of aromatic carboxylic acids is 1. The summed E-state index contributed by atoms with van der Waals surface area (Å²) in [4.78, 5) is 20.6. The van der Waals surface area contributed by atoms with Crippen LogP contribution in [0.5, 0.6) is 0 Å². The third kappa shape index (κ3) is 3.52. The number of rotatable bonds is 4. The van der Waals surface area contributed by atoms with Crippen molar-refractivity contribution >= 4 is 17.3 Å². The van der Waals surface area contributed by atoms with E-state index in [9.17, 15) is 4.79 Å². The molecule has 0 bridgehead atoms. The van der Waals surface area contributed by atoms with Crippen molar-refractivity contribution < 1.29 is 9.90 Å². The minimum Gasteiger partial charge on any atom is -0.477 e. The zero-order valence-corrected chi connectivity index (χ0v) is 12.5. The molecule has 5 nitrogen and oxygen atoms in total. The van der Waals surface area contributed by atoms with Crippen molar-refractivity contribution in [2.24, 2.45) is 0 Å². The van der Waals surface area contributed by atoms with Gasteiger partial charge in [-0.3, -0.25) is 0 Å². The molecule has 1 atom stereocenters. The molecule has 1 N–H and O–H groups in total. The van der Waals surface area contributed by atoms with Crippen LogP contribution < -0.4 is 0 Å². The zero-order valence-electron chi connectivity index (χ0n) is 11.7. The lowest BCUT2D eigenvalue weighted by Gasteiger charge is -2.33. The lowest BCUT2D eigenvalue weighted by atomic mass is 10.1. The third-order valence-electron chi connectivity index (χ3n) is 3.56. The summed E-state index contributed by atoms with van der Waals surface area (Å²) in [5.74, 6) is -0.576. The lowest BCUT2D eigenvalue weighted by Crippen LogP contribution is -2.45. The van der Waals surface area contributed by atoms with Crippen molar-refractivity contribution in [2.75, 3.05) is 39.8 Å². The van der Waals surface area contributed by atoms with Gasteiger partial charge in [0.2, 0.25) is 0 Å². The number of thiazole rings is 1. The molecule has 2 heterocycles. The minimum absolute atomic E-state index is 0.292. The molecule has 1 unspecified atom stereocenters. The molecule has 6 heteroatoms. The highest BCUT2D eigenvalue weighted by Crippen LogP contribution is 2.25. The van der Waals surface area contributed by atoms with Crippen molar-refractivity contribution in [1.82, 2.24) is 14.8 Å². The number of carboxylic acid groups (broad SMARTS) is 1. The number of nitrogens with zero attached hydrogens (tertiary/aromatic N) is 3. The Morgan fingerprint density at radius 1 is 1.42 bits per heavy atom. The largest absolute Gasteiger partial charge is 0.477 e. The molecule has 1 saturated heterocycles. The standard InChI is InChI=1S/C13H21N3O2S/c1-9(8-16-6-4-15(3)5-7-16)12-14-10(2)11(19-12)13(17)18/h9H,4-8H2,1-3H3,(H,17,18). The van der Waals surface area contributed by atoms with Gasteiger partial charge >= 0.3 is 5.97 Å². The van der Waals surface area contributed by atoms with Crippen molar-refractivity contribution in [3.05, 3.63) is 15.6 Å². The molecule has 0 spiro atoms. The molecule has 0 amide bonds. The summed E-state index contributed by atoms with van der Waals surface area (Å²) < 4.78 is 0. The number of likely N-dealkylation sites (N-methyl/N-ethyl adjacent to an activating group) is 1. The van der Waals surface area contributed by atoms with Crippen LogP contribution in [0.15, 0.2) is 0 Å². The van der Waals surface area contributed by atoms with Crippen LogP contribution in [0.25, 0.3) is 0 Å². The van der Waals surface area contributed by atoms with Crippen LogP contribution in [0.1, 0.15) is 33.2 Å². The smallest absolute Gasteiger partial charge is 0.347 e. The van der Waals surface area contributed by atoms with Crippen LogP contribution in [-0.2, 0) is 0 Å². The molecular formula is C13H21N3O2S. The summed E-state index contributed by atoms with van der Waals surface area (Å²) in [6.07, 6.45) is 0. The number of carbonyl (C=O) groups is 1. The number of piperazine rings is 1. The first-order valence-electron chi connectivity index (χ1n) is 6.59. The Labute approximate surface area is 117 Å². The second-order valence-electron chi connectivity index (χ2n) is 5.28. The Balaban J connectivity index is 1.98. The summed E-state index contributed by atoms with van der Waals surface area (Å²) in [5.41, 5.74) is 0.637. The summed E-state index contributed by atoms with van der Waals surface area (Å²) in [5, 5.41) is 10.0. The van der Waals surface area contributed by atoms with Gasteiger partial charge in [0.05, 0.1) is 10.7 Å². The van der Waals surface area contributed by atoms with E-state index in [1.165, 1.54) is 11.3 Å². The number of aromatic nitrogens is 1. The van der Waals surface area contributed by atoms with Crippen molar-refractivity contribution in [3.63, 3.8) is 0 Å². The number of carboxylic acids is 1. The molecule has 0 radical (unpaired) electrons. The Morgan fingerprint density at radius 2 is 2.05 bits per heavy atom. The second-order valence-corrected chi connectivity index (χ2v) is 6.31. The summed E-state index contributed by atoms with van der Waals surface area (Å²) in [7, 11) is 2.14. The predicted octanol–water partition coefficient (Wildman–Crippen LogP) is 1.50. The van der Waals surface area contributed by atoms with Crippen molar-refractivity contribution in [3.8, 4) is 0 Å². The molecule has 1 aliphatic heterocycles. The average molecular weight is 283 g/mol. The van der Waals surface area contributed by atoms with E-state index in [0.717, 1.165) is 37.7 Å². The third-order valence-corrected chi connectivity index (χ3v) is 4.93. The number of hydrogen-bond acceptors (Lipinski definition) is 5. The molecule has 0 aliphatic carbocycles. The van der Waals surface area contributed by atoms with Gasteiger partial charge in [-0.1, -0.05) is 6.92 Å². The maximum Gasteiger partial charge on any atom is 0.347 e. The molecule has 1 aromatic heterocycles. The first-order valence-corrected chi connectivity index (χ1v) is 7.40. The van der Waals surface area contributed by atoms with Gasteiger partial charge in [-0.25, -0.2) is 9.78 Å². The van der Waals surface area contributed by atoms with Gasteiger partial charge in [-0.05, 0) is 14.0 Å². The van der Waals surface area contributed by atoms with Gasteiger partial charge in [0.1, 0.15) is 4.88 Å². The van der Waals surface area contributed by atoms with E-state index in [1.54, 1.807) is 6.92 Å². The second kappa shape index (κ2) is 5.98. The fourth-order valence-corrected chi connectivity index (χ4v) is 3.27. The van der Waals surface area contributed by atoms with Gasteiger partial charge in [-0.2, -0.15) is 0 Å². The molecular weight excluding hydrogens is 262 g/mol. The van der Waals surface area contributed by atoms with E-state index in [0.29, 0.717) is 16.5 Å². The highest BCUT2D eigenvalue weighted by Gasteiger charge is 2.21. The number of aryl methyl sites for hydroxylation is 1. The Kier molecular flexibility index (Phi) is 4.54. The van der Waals surface area contributed by atoms with Crippen LogP contribution in [0.3, 0.4) is 0 Å². The van der Waals surface area contributed by atoms with E-state index >= 15 is 0 Å². The zero-order chi connectivity index (χ0) is 14.0. The molecule has 106 valence electrons. The van der Waals surface area contributed by atoms with Crippen LogP contribution in [0, 0.1) is 6.92 Å². The van der Waals surface area contributed by atoms with Crippen LogP contribution >= 0.6 is 11.3 Å². The van der Waals surface area contributed by atoms with Gasteiger partial charge in [0.15, 0.2) is 0 Å². The first kappa shape index (κ1) is 14.4. The van der Waals surface area contributed by atoms with Gasteiger partial charge in [0, 0.05) is 38.6 Å². The molecule has 1 aromatic rings. The van der Waals surface area contributed by atoms with Crippen LogP contribution in [0.2, 0.25) is 0 Å². The first-order chi connectivity index (χ1) is 8.97. The van der Waals surface area contributed by atoms with Gasteiger partial charge in [-0.15, -0.1) is 11.3 Å². The highest BCUT2D eigenvalue weighted by atomic mass is 32.1. The topological polar surface area (TPSA) is 56.7 Å². The van der Waals surface area contributed by atoms with E-state index in [2.05, 4.69) is 28.8 Å². The van der Waals surface area contributed by atoms with Gasteiger partial charge in [0.25, 0.3) is 0 Å². The van der Waals surface area contributed by atoms with E-state index in [4.69, 9.17) is 5.11 Å². The normalized spacial score (nSPS) is 19.5. The molecule has 2 rings (SSSR count). The van der Waals surface area contributed by atoms with Crippen molar-refractivity contribution in [2.45, 2.75) is 19.8 Å². The van der Waals surface area contributed by atoms with Crippen molar-refractivity contribution in [1.29, 1.82) is 0 Å². The quantitative estimate of drug-likeness (QED) is 0.907. The maximum absolute atomic E-state index is 11.0. The average Bonchev–Trinajstić information content (AvgIpc) is 2.74. The maximum atomic E-state index is 11.0. The minimum atomic E-state index is -0.868. The molecule has 0 saturated carbocycles. The Bertz CT molecular complexity index is 453. The fourth-order valence-electron chi connectivity index (χ4n) is 2.32. The van der Waals surface area contributed by atoms with E-state index in [1.807, 2.05) is 0 Å². The Morgan fingerprint density at radius 3 is 2.58 bits per heavy atom. The predicted molar refractivity (Wildman–Crippen MR) is 76.2 cm³/mol. The SMILES string of the molecule is Cc1nc(C(C)CN2CCN(C)CC2)sc1C(=O)O. The Hall–Kier alpha value is -0.980. The monoisotopic (exact) mass is 283 g/mol. The van der Waals surface area contributed by atoms with Gasteiger partial charge < -0.3 is 14.9 Å². The summed E-state index contributed by atoms with van der Waals surface area (Å²) >= 11 is 1.32. The van der Waals surface area contributed by atoms with Crippen LogP contribution in [-0.4, -0.2) is 65.6 Å². The summed E-state index contributed by atoms with van der Waals surface area (Å²) in [6.45, 7) is 9.22. The highest BCUT2D eigenvalue weighted by molar-refractivity contribution is 7.13. The van der Waals surface area contributed by atoms with E-state index < -0.39 is 5.97 Å². The number of hydrogen-bond donors (Lipinski definition) is 1. The fraction of sp³-hybridized carbons (Fsp3) is 0.692. The summed E-state index contributed by atoms with van der Waals surface area (Å²) in [6, 6.07) is 0. The van der Waals surface area contributed by atoms with E-state index in [-0.39, 0.29) is 0 Å². The molecule has 1 aliphatic rings. The molecule has 1 fully saturated rings. The molecule has 0 aromatic carbocycles.